The highest BCUT2D eigenvalue weighted by molar-refractivity contribution is 5.80. The van der Waals surface area contributed by atoms with E-state index in [-0.39, 0.29) is 18.7 Å². The largest absolute Gasteiger partial charge is 0.493 e. The number of carbonyl (C=O) groups is 2. The van der Waals surface area contributed by atoms with Gasteiger partial charge >= 0.3 is 5.97 Å². The highest BCUT2D eigenvalue weighted by atomic mass is 16.5. The Hall–Kier alpha value is -2.28. The van der Waals surface area contributed by atoms with Crippen molar-refractivity contribution in [3.05, 3.63) is 23.8 Å². The molecule has 24 heavy (non-hydrogen) atoms. The molecular weight excluding hydrogens is 312 g/mol. The van der Waals surface area contributed by atoms with Crippen LogP contribution in [0, 0.1) is 0 Å². The molecule has 0 aliphatic heterocycles. The zero-order valence-electron chi connectivity index (χ0n) is 14.5. The lowest BCUT2D eigenvalue weighted by Crippen LogP contribution is -2.23. The van der Waals surface area contributed by atoms with Crippen LogP contribution in [0.4, 0.5) is 0 Å². The second-order valence-electron chi connectivity index (χ2n) is 5.66. The van der Waals surface area contributed by atoms with E-state index in [1.54, 1.807) is 13.2 Å². The van der Waals surface area contributed by atoms with Crippen LogP contribution in [-0.4, -0.2) is 56.2 Å². The van der Waals surface area contributed by atoms with Crippen LogP contribution in [0.25, 0.3) is 0 Å². The van der Waals surface area contributed by atoms with Crippen molar-refractivity contribution in [1.82, 2.24) is 10.2 Å². The Bertz CT molecular complexity index is 546. The van der Waals surface area contributed by atoms with Crippen molar-refractivity contribution >= 4 is 11.9 Å². The Labute approximate surface area is 142 Å². The molecule has 7 heteroatoms. The summed E-state index contributed by atoms with van der Waals surface area (Å²) in [6.45, 7) is 1.82. The molecule has 0 aliphatic rings. The zero-order valence-corrected chi connectivity index (χ0v) is 14.5. The summed E-state index contributed by atoms with van der Waals surface area (Å²) in [6, 6.07) is 5.45. The number of aliphatic carboxylic acids is 1. The Morgan fingerprint density at radius 3 is 2.58 bits per heavy atom. The topological polar surface area (TPSA) is 88.1 Å². The van der Waals surface area contributed by atoms with Gasteiger partial charge in [-0.25, -0.2) is 0 Å². The number of methoxy groups -OCH3 is 1. The van der Waals surface area contributed by atoms with E-state index in [9.17, 15) is 9.59 Å². The number of nitrogens with one attached hydrogen (secondary N) is 1. The number of nitrogens with zero attached hydrogens (tertiary/aromatic N) is 1. The van der Waals surface area contributed by atoms with Gasteiger partial charge in [0, 0.05) is 19.5 Å². The van der Waals surface area contributed by atoms with Gasteiger partial charge in [-0.15, -0.1) is 0 Å². The first kappa shape index (κ1) is 19.8. The van der Waals surface area contributed by atoms with Gasteiger partial charge in [-0.1, -0.05) is 6.07 Å². The van der Waals surface area contributed by atoms with Crippen LogP contribution in [0.2, 0.25) is 0 Å². The number of carboxylic acid groups (broad SMARTS) is 1. The van der Waals surface area contributed by atoms with Gasteiger partial charge in [0.2, 0.25) is 5.91 Å². The molecule has 0 fully saturated rings. The maximum absolute atomic E-state index is 11.6. The van der Waals surface area contributed by atoms with Crippen molar-refractivity contribution in [3.8, 4) is 11.5 Å². The summed E-state index contributed by atoms with van der Waals surface area (Å²) < 4.78 is 11.0. The Balaban J connectivity index is 2.54. The van der Waals surface area contributed by atoms with E-state index in [4.69, 9.17) is 14.6 Å². The summed E-state index contributed by atoms with van der Waals surface area (Å²) in [5, 5.41) is 11.3. The van der Waals surface area contributed by atoms with Crippen LogP contribution in [0.1, 0.15) is 24.8 Å². The number of amides is 1. The maximum atomic E-state index is 11.6. The summed E-state index contributed by atoms with van der Waals surface area (Å²) in [4.78, 5) is 24.1. The third-order valence-corrected chi connectivity index (χ3v) is 3.29. The van der Waals surface area contributed by atoms with Crippen LogP contribution < -0.4 is 14.8 Å². The van der Waals surface area contributed by atoms with E-state index < -0.39 is 5.97 Å². The van der Waals surface area contributed by atoms with E-state index in [2.05, 4.69) is 10.2 Å². The standard InChI is InChI=1S/C17H26N2O5/c1-19(2)9-4-10-24-15-11-13(5-6-14(15)23-3)12-18-16(20)7-8-17(21)22/h5-6,11H,4,7-10,12H2,1-3H3,(H,18,20)(H,21,22). The fraction of sp³-hybridized carbons (Fsp3) is 0.529. The van der Waals surface area contributed by atoms with E-state index in [1.165, 1.54) is 0 Å². The van der Waals surface area contributed by atoms with Crippen LogP contribution in [-0.2, 0) is 16.1 Å². The number of carbonyl (C=O) groups excluding carboxylic acids is 1. The van der Waals surface area contributed by atoms with Crippen LogP contribution in [0.15, 0.2) is 18.2 Å². The average molecular weight is 338 g/mol. The van der Waals surface area contributed by atoms with Gasteiger partial charge in [-0.05, 0) is 38.2 Å². The number of benzene rings is 1. The minimum absolute atomic E-state index is 0.0284. The molecule has 134 valence electrons. The Morgan fingerprint density at radius 1 is 1.21 bits per heavy atom. The predicted molar refractivity (Wildman–Crippen MR) is 90.4 cm³/mol. The first-order valence-electron chi connectivity index (χ1n) is 7.85. The molecule has 0 atom stereocenters. The van der Waals surface area contributed by atoms with E-state index in [0.29, 0.717) is 24.7 Å². The van der Waals surface area contributed by atoms with Crippen LogP contribution >= 0.6 is 0 Å². The minimum Gasteiger partial charge on any atom is -0.493 e. The number of carboxylic acids is 1. The SMILES string of the molecule is COc1ccc(CNC(=O)CCC(=O)O)cc1OCCCN(C)C. The van der Waals surface area contributed by atoms with Crippen molar-refractivity contribution in [2.45, 2.75) is 25.8 Å². The molecule has 1 amide bonds. The first-order chi connectivity index (χ1) is 11.4. The fourth-order valence-electron chi connectivity index (χ4n) is 2.02. The summed E-state index contributed by atoms with van der Waals surface area (Å²) in [5.41, 5.74) is 0.863. The van der Waals surface area contributed by atoms with Gasteiger partial charge in [-0.2, -0.15) is 0 Å². The molecule has 7 nitrogen and oxygen atoms in total. The predicted octanol–water partition coefficient (Wildman–Crippen LogP) is 1.51. The molecule has 0 saturated heterocycles. The first-order valence-corrected chi connectivity index (χ1v) is 7.85. The van der Waals surface area contributed by atoms with Crippen molar-refractivity contribution in [2.75, 3.05) is 34.4 Å². The van der Waals surface area contributed by atoms with E-state index in [1.807, 2.05) is 26.2 Å². The molecule has 1 aromatic rings. The number of ether oxygens (including phenoxy) is 2. The third kappa shape index (κ3) is 7.82. The second-order valence-corrected chi connectivity index (χ2v) is 5.66. The molecule has 0 saturated carbocycles. The molecule has 0 spiro atoms. The van der Waals surface area contributed by atoms with Gasteiger partial charge < -0.3 is 24.8 Å². The lowest BCUT2D eigenvalue weighted by Gasteiger charge is -2.14. The molecule has 0 bridgehead atoms. The highest BCUT2D eigenvalue weighted by Gasteiger charge is 2.08. The van der Waals surface area contributed by atoms with Gasteiger partial charge in [0.1, 0.15) is 0 Å². The quantitative estimate of drug-likeness (QED) is 0.595. The van der Waals surface area contributed by atoms with E-state index in [0.717, 1.165) is 18.5 Å². The summed E-state index contributed by atoms with van der Waals surface area (Å²) >= 11 is 0. The highest BCUT2D eigenvalue weighted by Crippen LogP contribution is 2.28. The number of rotatable bonds is 11. The number of hydrogen-bond acceptors (Lipinski definition) is 5. The van der Waals surface area contributed by atoms with Crippen molar-refractivity contribution in [2.24, 2.45) is 0 Å². The molecular formula is C17H26N2O5. The summed E-state index contributed by atoms with van der Waals surface area (Å²) in [5.74, 6) is -0.000903. The molecule has 1 rings (SSSR count). The molecule has 0 aromatic heterocycles. The van der Waals surface area contributed by atoms with Gasteiger partial charge in [0.15, 0.2) is 11.5 Å². The van der Waals surface area contributed by atoms with Crippen LogP contribution in [0.3, 0.4) is 0 Å². The number of hydrogen-bond donors (Lipinski definition) is 2. The average Bonchev–Trinajstić information content (AvgIpc) is 2.54. The molecule has 0 unspecified atom stereocenters. The molecule has 0 heterocycles. The van der Waals surface area contributed by atoms with Gasteiger partial charge in [0.25, 0.3) is 0 Å². The van der Waals surface area contributed by atoms with Crippen molar-refractivity contribution in [1.29, 1.82) is 0 Å². The lowest BCUT2D eigenvalue weighted by molar-refractivity contribution is -0.138. The Morgan fingerprint density at radius 2 is 1.96 bits per heavy atom. The molecule has 1 aromatic carbocycles. The smallest absolute Gasteiger partial charge is 0.303 e. The summed E-state index contributed by atoms with van der Waals surface area (Å²) in [6.07, 6.45) is 0.695. The lowest BCUT2D eigenvalue weighted by atomic mass is 10.2. The fourth-order valence-corrected chi connectivity index (χ4v) is 2.02. The minimum atomic E-state index is -0.983. The van der Waals surface area contributed by atoms with Crippen molar-refractivity contribution in [3.63, 3.8) is 0 Å². The third-order valence-electron chi connectivity index (χ3n) is 3.29. The van der Waals surface area contributed by atoms with Crippen LogP contribution in [0.5, 0.6) is 11.5 Å². The normalized spacial score (nSPS) is 10.5. The molecule has 0 radical (unpaired) electrons. The zero-order chi connectivity index (χ0) is 17.9. The maximum Gasteiger partial charge on any atom is 0.303 e. The van der Waals surface area contributed by atoms with Crippen molar-refractivity contribution < 1.29 is 24.2 Å². The van der Waals surface area contributed by atoms with Gasteiger partial charge in [-0.3, -0.25) is 9.59 Å². The Kier molecular flexibility index (Phi) is 8.64. The van der Waals surface area contributed by atoms with E-state index >= 15 is 0 Å². The second kappa shape index (κ2) is 10.5. The monoisotopic (exact) mass is 338 g/mol. The molecule has 0 aliphatic carbocycles. The summed E-state index contributed by atoms with van der Waals surface area (Å²) in [7, 11) is 5.60. The van der Waals surface area contributed by atoms with Gasteiger partial charge in [0.05, 0.1) is 20.1 Å². The molecule has 2 N–H and O–H groups in total.